The first-order chi connectivity index (χ1) is 15.3. The highest BCUT2D eigenvalue weighted by Gasteiger charge is 2.48. The first-order valence-electron chi connectivity index (χ1n) is 9.58. The van der Waals surface area contributed by atoms with Gasteiger partial charge in [0.2, 0.25) is 0 Å². The zero-order chi connectivity index (χ0) is 23.0. The van der Waals surface area contributed by atoms with Gasteiger partial charge in [0, 0.05) is 16.1 Å². The Hall–Kier alpha value is -3.59. The number of rotatable bonds is 5. The van der Waals surface area contributed by atoms with E-state index in [0.717, 1.165) is 4.47 Å². The Labute approximate surface area is 192 Å². The number of nitrogens with zero attached hydrogens (tertiary/aromatic N) is 2. The molecule has 1 fully saturated rings. The van der Waals surface area contributed by atoms with Crippen molar-refractivity contribution in [2.24, 2.45) is 0 Å². The van der Waals surface area contributed by atoms with Gasteiger partial charge in [-0.25, -0.2) is 0 Å². The summed E-state index contributed by atoms with van der Waals surface area (Å²) in [6.07, 6.45) is 0. The van der Waals surface area contributed by atoms with Crippen molar-refractivity contribution < 1.29 is 28.7 Å². The number of aliphatic hydroxyl groups excluding tert-OH is 1. The van der Waals surface area contributed by atoms with Gasteiger partial charge in [0.15, 0.2) is 17.3 Å². The van der Waals surface area contributed by atoms with Crippen molar-refractivity contribution in [1.82, 2.24) is 5.16 Å². The number of aryl methyl sites for hydroxylation is 1. The van der Waals surface area contributed by atoms with E-state index < -0.39 is 17.7 Å². The second-order valence-electron chi connectivity index (χ2n) is 7.09. The van der Waals surface area contributed by atoms with Crippen molar-refractivity contribution in [3.8, 4) is 11.5 Å². The van der Waals surface area contributed by atoms with Gasteiger partial charge in [-0.2, -0.15) is 0 Å². The number of anilines is 1. The fourth-order valence-corrected chi connectivity index (χ4v) is 3.90. The average Bonchev–Trinajstić information content (AvgIpc) is 3.34. The number of amides is 1. The summed E-state index contributed by atoms with van der Waals surface area (Å²) < 4.78 is 16.6. The Morgan fingerprint density at radius 3 is 2.34 bits per heavy atom. The van der Waals surface area contributed by atoms with Crippen molar-refractivity contribution in [2.45, 2.75) is 13.0 Å². The molecule has 0 radical (unpaired) electrons. The van der Waals surface area contributed by atoms with Crippen LogP contribution >= 0.6 is 15.9 Å². The normalized spacial score (nSPS) is 17.6. The van der Waals surface area contributed by atoms with Crippen molar-refractivity contribution in [3.63, 3.8) is 0 Å². The number of carbonyl (C=O) groups excluding carboxylic acids is 2. The lowest BCUT2D eigenvalue weighted by Crippen LogP contribution is -2.29. The molecule has 2 aromatic carbocycles. The molecule has 0 aliphatic carbocycles. The fraction of sp³-hybridized carbons (Fsp3) is 0.174. The number of aromatic nitrogens is 1. The molecular formula is C23H19BrN2O6. The summed E-state index contributed by atoms with van der Waals surface area (Å²) in [6, 6.07) is 12.4. The monoisotopic (exact) mass is 498 g/mol. The van der Waals surface area contributed by atoms with E-state index in [2.05, 4.69) is 21.1 Å². The largest absolute Gasteiger partial charge is 0.507 e. The van der Waals surface area contributed by atoms with E-state index in [1.807, 2.05) is 0 Å². The maximum atomic E-state index is 13.1. The van der Waals surface area contributed by atoms with Crippen LogP contribution < -0.4 is 14.4 Å². The number of hydrogen-bond donors (Lipinski definition) is 1. The molecule has 9 heteroatoms. The smallest absolute Gasteiger partial charge is 0.301 e. The van der Waals surface area contributed by atoms with E-state index >= 15 is 0 Å². The van der Waals surface area contributed by atoms with Crippen LogP contribution in [-0.2, 0) is 9.59 Å². The zero-order valence-corrected chi connectivity index (χ0v) is 19.0. The third-order valence-corrected chi connectivity index (χ3v) is 5.68. The molecule has 1 amide bonds. The number of ether oxygens (including phenoxy) is 2. The summed E-state index contributed by atoms with van der Waals surface area (Å²) in [5.74, 6) is -0.407. The molecule has 8 nitrogen and oxygen atoms in total. The predicted octanol–water partition coefficient (Wildman–Crippen LogP) is 4.39. The zero-order valence-electron chi connectivity index (χ0n) is 17.5. The summed E-state index contributed by atoms with van der Waals surface area (Å²) >= 11 is 3.35. The second-order valence-corrected chi connectivity index (χ2v) is 8.00. The number of ketones is 1. The summed E-state index contributed by atoms with van der Waals surface area (Å²) in [4.78, 5) is 27.4. The predicted molar refractivity (Wildman–Crippen MR) is 120 cm³/mol. The quantitative estimate of drug-likeness (QED) is 0.316. The molecule has 1 aliphatic rings. The standard InChI is InChI=1S/C23H19BrN2O6/c1-12-10-18(25-32-12)26-20(14-6-9-16(30-2)17(11-14)31-3)19(22(28)23(26)29)21(27)13-4-7-15(24)8-5-13/h4-11,20,27H,1-3H3/b21-19+. The van der Waals surface area contributed by atoms with Gasteiger partial charge >= 0.3 is 5.91 Å². The first kappa shape index (κ1) is 21.6. The third kappa shape index (κ3) is 3.64. The van der Waals surface area contributed by atoms with Gasteiger partial charge in [-0.3, -0.25) is 14.5 Å². The van der Waals surface area contributed by atoms with Crippen molar-refractivity contribution >= 4 is 39.2 Å². The Morgan fingerprint density at radius 2 is 1.75 bits per heavy atom. The maximum Gasteiger partial charge on any atom is 0.301 e. The highest BCUT2D eigenvalue weighted by atomic mass is 79.9. The minimum absolute atomic E-state index is 0.0646. The van der Waals surface area contributed by atoms with Crippen LogP contribution in [-0.4, -0.2) is 36.2 Å². The molecule has 1 saturated heterocycles. The number of methoxy groups -OCH3 is 2. The SMILES string of the molecule is COc1ccc(C2/C(=C(\O)c3ccc(Br)cc3)C(=O)C(=O)N2c2cc(C)on2)cc1OC. The van der Waals surface area contributed by atoms with Gasteiger partial charge in [0.1, 0.15) is 11.5 Å². The van der Waals surface area contributed by atoms with Crippen LogP contribution in [0, 0.1) is 6.92 Å². The minimum Gasteiger partial charge on any atom is -0.507 e. The topological polar surface area (TPSA) is 102 Å². The van der Waals surface area contributed by atoms with E-state index in [9.17, 15) is 14.7 Å². The number of Topliss-reactive ketones (excluding diaryl/α,β-unsaturated/α-hetero) is 1. The van der Waals surface area contributed by atoms with Gasteiger partial charge in [-0.05, 0) is 36.8 Å². The molecule has 1 unspecified atom stereocenters. The lowest BCUT2D eigenvalue weighted by atomic mass is 9.95. The maximum absolute atomic E-state index is 13.1. The van der Waals surface area contributed by atoms with Crippen LogP contribution in [0.15, 0.2) is 63.1 Å². The summed E-state index contributed by atoms with van der Waals surface area (Å²) in [7, 11) is 3.00. The third-order valence-electron chi connectivity index (χ3n) is 5.15. The summed E-state index contributed by atoms with van der Waals surface area (Å²) in [6.45, 7) is 1.68. The molecule has 0 spiro atoms. The molecule has 1 N–H and O–H groups in total. The summed E-state index contributed by atoms with van der Waals surface area (Å²) in [5, 5.41) is 15.0. The Balaban J connectivity index is 1.95. The van der Waals surface area contributed by atoms with E-state index in [1.54, 1.807) is 55.5 Å². The number of benzene rings is 2. The molecule has 32 heavy (non-hydrogen) atoms. The Morgan fingerprint density at radius 1 is 1.06 bits per heavy atom. The van der Waals surface area contributed by atoms with Crippen LogP contribution in [0.2, 0.25) is 0 Å². The van der Waals surface area contributed by atoms with Gasteiger partial charge < -0.3 is 19.1 Å². The van der Waals surface area contributed by atoms with E-state index in [1.165, 1.54) is 19.1 Å². The van der Waals surface area contributed by atoms with Crippen LogP contribution in [0.5, 0.6) is 11.5 Å². The fourth-order valence-electron chi connectivity index (χ4n) is 3.64. The number of hydrogen-bond acceptors (Lipinski definition) is 7. The molecule has 2 heterocycles. The number of halogens is 1. The summed E-state index contributed by atoms with van der Waals surface area (Å²) in [5.41, 5.74) is 0.861. The highest BCUT2D eigenvalue weighted by Crippen LogP contribution is 2.43. The lowest BCUT2D eigenvalue weighted by Gasteiger charge is -2.23. The number of aliphatic hydroxyl groups is 1. The van der Waals surface area contributed by atoms with E-state index in [4.69, 9.17) is 14.0 Å². The van der Waals surface area contributed by atoms with Crippen molar-refractivity contribution in [3.05, 3.63) is 75.5 Å². The van der Waals surface area contributed by atoms with Gasteiger partial charge in [0.05, 0.1) is 25.8 Å². The Kier molecular flexibility index (Phi) is 5.75. The van der Waals surface area contributed by atoms with E-state index in [-0.39, 0.29) is 17.2 Å². The second kappa shape index (κ2) is 8.51. The van der Waals surface area contributed by atoms with Crippen molar-refractivity contribution in [1.29, 1.82) is 0 Å². The molecule has 0 saturated carbocycles. The average molecular weight is 499 g/mol. The first-order valence-corrected chi connectivity index (χ1v) is 10.4. The van der Waals surface area contributed by atoms with E-state index in [0.29, 0.717) is 28.4 Å². The number of carbonyl (C=O) groups is 2. The molecule has 3 aromatic rings. The van der Waals surface area contributed by atoms with Crippen LogP contribution in [0.3, 0.4) is 0 Å². The Bertz CT molecular complexity index is 1230. The molecule has 164 valence electrons. The van der Waals surface area contributed by atoms with Crippen molar-refractivity contribution in [2.75, 3.05) is 19.1 Å². The highest BCUT2D eigenvalue weighted by molar-refractivity contribution is 9.10. The van der Waals surface area contributed by atoms with Crippen LogP contribution in [0.1, 0.15) is 22.9 Å². The lowest BCUT2D eigenvalue weighted by molar-refractivity contribution is -0.132. The van der Waals surface area contributed by atoms with Gasteiger partial charge in [-0.1, -0.05) is 39.3 Å². The van der Waals surface area contributed by atoms with Gasteiger partial charge in [0.25, 0.3) is 5.78 Å². The molecule has 0 bridgehead atoms. The van der Waals surface area contributed by atoms with Crippen LogP contribution in [0.25, 0.3) is 5.76 Å². The minimum atomic E-state index is -0.956. The molecule has 4 rings (SSSR count). The van der Waals surface area contributed by atoms with Crippen LogP contribution in [0.4, 0.5) is 5.82 Å². The molecule has 1 aromatic heterocycles. The van der Waals surface area contributed by atoms with Gasteiger partial charge in [-0.15, -0.1) is 0 Å². The molecular weight excluding hydrogens is 480 g/mol. The molecule has 1 aliphatic heterocycles. The molecule has 1 atom stereocenters.